The van der Waals surface area contributed by atoms with Crippen molar-refractivity contribution in [2.75, 3.05) is 13.9 Å². The Bertz CT molecular complexity index is 1140. The lowest BCUT2D eigenvalue weighted by molar-refractivity contribution is 0.0509. The van der Waals surface area contributed by atoms with Gasteiger partial charge in [-0.3, -0.25) is 4.79 Å². The third kappa shape index (κ3) is 2.80. The van der Waals surface area contributed by atoms with Crippen LogP contribution in [-0.4, -0.2) is 25.3 Å². The highest BCUT2D eigenvalue weighted by molar-refractivity contribution is 6.13. The molecule has 4 aromatic carbocycles. The molecule has 0 atom stereocenters. The highest BCUT2D eigenvalue weighted by Crippen LogP contribution is 2.46. The minimum Gasteiger partial charge on any atom is -0.506 e. The summed E-state index contributed by atoms with van der Waals surface area (Å²) < 4.78 is 10.8. The van der Waals surface area contributed by atoms with E-state index in [0.29, 0.717) is 17.4 Å². The van der Waals surface area contributed by atoms with Crippen LogP contribution in [0, 0.1) is 0 Å². The SMILES string of the molecule is COCOc1c(C=O)c(O)c2ccccc2c1-c1cccc2ccccc12. The van der Waals surface area contributed by atoms with E-state index in [2.05, 4.69) is 0 Å². The molecule has 134 valence electrons. The number of ether oxygens (including phenoxy) is 2. The van der Waals surface area contributed by atoms with Gasteiger partial charge in [-0.05, 0) is 21.7 Å². The molecule has 4 rings (SSSR count). The maximum Gasteiger partial charge on any atom is 0.188 e. The second-order valence-electron chi connectivity index (χ2n) is 6.21. The molecule has 4 aromatic rings. The Morgan fingerprint density at radius 1 is 0.889 bits per heavy atom. The van der Waals surface area contributed by atoms with E-state index < -0.39 is 0 Å². The number of phenolic OH excluding ortho intramolecular Hbond substituents is 1. The number of phenols is 1. The normalized spacial score (nSPS) is 11.0. The first kappa shape index (κ1) is 17.1. The summed E-state index contributed by atoms with van der Waals surface area (Å²) in [5.41, 5.74) is 1.81. The van der Waals surface area contributed by atoms with Gasteiger partial charge in [0, 0.05) is 18.1 Å². The Morgan fingerprint density at radius 2 is 1.56 bits per heavy atom. The van der Waals surface area contributed by atoms with E-state index in [1.807, 2.05) is 60.7 Å². The highest BCUT2D eigenvalue weighted by atomic mass is 16.7. The molecule has 0 aliphatic heterocycles. The van der Waals surface area contributed by atoms with Gasteiger partial charge < -0.3 is 14.6 Å². The molecule has 0 aliphatic rings. The van der Waals surface area contributed by atoms with Crippen LogP contribution in [0.3, 0.4) is 0 Å². The summed E-state index contributed by atoms with van der Waals surface area (Å²) in [7, 11) is 1.51. The van der Waals surface area contributed by atoms with E-state index in [9.17, 15) is 9.90 Å². The summed E-state index contributed by atoms with van der Waals surface area (Å²) >= 11 is 0. The minimum absolute atomic E-state index is 0.0314. The fourth-order valence-electron chi connectivity index (χ4n) is 3.51. The van der Waals surface area contributed by atoms with Gasteiger partial charge in [0.25, 0.3) is 0 Å². The van der Waals surface area contributed by atoms with E-state index >= 15 is 0 Å². The molecule has 0 amide bonds. The summed E-state index contributed by atoms with van der Waals surface area (Å²) in [5.74, 6) is 0.232. The predicted molar refractivity (Wildman–Crippen MR) is 106 cm³/mol. The number of hydrogen-bond acceptors (Lipinski definition) is 4. The van der Waals surface area contributed by atoms with Crippen molar-refractivity contribution >= 4 is 27.8 Å². The quantitative estimate of drug-likeness (QED) is 0.395. The van der Waals surface area contributed by atoms with Crippen LogP contribution in [-0.2, 0) is 4.74 Å². The second-order valence-corrected chi connectivity index (χ2v) is 6.21. The molecular formula is C23H18O4. The topological polar surface area (TPSA) is 55.8 Å². The van der Waals surface area contributed by atoms with E-state index in [1.165, 1.54) is 7.11 Å². The summed E-state index contributed by atoms with van der Waals surface area (Å²) in [6.07, 6.45) is 0.626. The first-order valence-corrected chi connectivity index (χ1v) is 8.59. The fraction of sp³-hybridized carbons (Fsp3) is 0.0870. The maximum absolute atomic E-state index is 11.8. The Kier molecular flexibility index (Phi) is 4.48. The minimum atomic E-state index is -0.0873. The van der Waals surface area contributed by atoms with Crippen LogP contribution in [0.1, 0.15) is 10.4 Å². The summed E-state index contributed by atoms with van der Waals surface area (Å²) in [6, 6.07) is 21.5. The van der Waals surface area contributed by atoms with Crippen LogP contribution in [0.4, 0.5) is 0 Å². The molecule has 0 saturated heterocycles. The average Bonchev–Trinajstić information content (AvgIpc) is 2.72. The lowest BCUT2D eigenvalue weighted by atomic mass is 9.90. The summed E-state index contributed by atoms with van der Waals surface area (Å²) in [5, 5.41) is 14.2. The van der Waals surface area contributed by atoms with E-state index in [1.54, 1.807) is 6.07 Å². The molecule has 0 radical (unpaired) electrons. The van der Waals surface area contributed by atoms with Gasteiger partial charge in [0.05, 0.1) is 5.56 Å². The Morgan fingerprint density at radius 3 is 2.30 bits per heavy atom. The van der Waals surface area contributed by atoms with Crippen molar-refractivity contribution in [1.82, 2.24) is 0 Å². The Hall–Kier alpha value is -3.37. The van der Waals surface area contributed by atoms with Gasteiger partial charge in [-0.15, -0.1) is 0 Å². The monoisotopic (exact) mass is 358 g/mol. The summed E-state index contributed by atoms with van der Waals surface area (Å²) in [6.45, 7) is -0.0314. The third-order valence-electron chi connectivity index (χ3n) is 4.68. The van der Waals surface area contributed by atoms with Gasteiger partial charge in [-0.25, -0.2) is 0 Å². The highest BCUT2D eigenvalue weighted by Gasteiger charge is 2.22. The van der Waals surface area contributed by atoms with Gasteiger partial charge in [-0.1, -0.05) is 66.7 Å². The van der Waals surface area contributed by atoms with Crippen molar-refractivity contribution in [3.8, 4) is 22.6 Å². The first-order chi connectivity index (χ1) is 13.3. The molecule has 1 N–H and O–H groups in total. The van der Waals surface area contributed by atoms with Gasteiger partial charge in [0.2, 0.25) is 0 Å². The molecule has 0 saturated carbocycles. The van der Waals surface area contributed by atoms with Crippen LogP contribution in [0.25, 0.3) is 32.7 Å². The van der Waals surface area contributed by atoms with Gasteiger partial charge in [-0.2, -0.15) is 0 Å². The largest absolute Gasteiger partial charge is 0.506 e. The fourth-order valence-corrected chi connectivity index (χ4v) is 3.51. The Labute approximate surface area is 156 Å². The van der Waals surface area contributed by atoms with E-state index in [4.69, 9.17) is 9.47 Å². The van der Waals surface area contributed by atoms with Gasteiger partial charge >= 0.3 is 0 Å². The molecule has 0 aliphatic carbocycles. The van der Waals surface area contributed by atoms with E-state index in [0.717, 1.165) is 27.3 Å². The second kappa shape index (κ2) is 7.09. The molecule has 0 unspecified atom stereocenters. The molecule has 0 bridgehead atoms. The van der Waals surface area contributed by atoms with Crippen molar-refractivity contribution in [3.63, 3.8) is 0 Å². The number of carbonyl (C=O) groups excluding carboxylic acids is 1. The van der Waals surface area contributed by atoms with E-state index in [-0.39, 0.29) is 18.1 Å². The molecule has 0 heterocycles. The van der Waals surface area contributed by atoms with Crippen LogP contribution in [0.15, 0.2) is 66.7 Å². The number of aldehydes is 1. The molecule has 0 spiro atoms. The molecule has 0 aromatic heterocycles. The lowest BCUT2D eigenvalue weighted by Gasteiger charge is -2.19. The standard InChI is InChI=1S/C23H18O4/c1-26-14-27-23-20(13-24)22(25)19-11-5-4-10-18(19)21(23)17-12-6-8-15-7-2-3-9-16(15)17/h2-13,25H,14H2,1H3. The molecule has 27 heavy (non-hydrogen) atoms. The number of fused-ring (bicyclic) bond motifs is 2. The Balaban J connectivity index is 2.18. The predicted octanol–water partition coefficient (Wildman–Crippen LogP) is 5.16. The van der Waals surface area contributed by atoms with Crippen LogP contribution in [0.2, 0.25) is 0 Å². The number of aromatic hydroxyl groups is 1. The van der Waals surface area contributed by atoms with Crippen molar-refractivity contribution in [1.29, 1.82) is 0 Å². The summed E-state index contributed by atoms with van der Waals surface area (Å²) in [4.78, 5) is 11.8. The van der Waals surface area contributed by atoms with Crippen LogP contribution in [0.5, 0.6) is 11.5 Å². The van der Waals surface area contributed by atoms with Crippen LogP contribution < -0.4 is 4.74 Å². The number of hydrogen-bond donors (Lipinski definition) is 1. The maximum atomic E-state index is 11.8. The zero-order chi connectivity index (χ0) is 18.8. The van der Waals surface area contributed by atoms with Crippen molar-refractivity contribution in [2.24, 2.45) is 0 Å². The first-order valence-electron chi connectivity index (χ1n) is 8.59. The number of rotatable bonds is 5. The van der Waals surface area contributed by atoms with Crippen molar-refractivity contribution in [2.45, 2.75) is 0 Å². The van der Waals surface area contributed by atoms with Gasteiger partial charge in [0.1, 0.15) is 11.5 Å². The number of carbonyl (C=O) groups is 1. The molecular weight excluding hydrogens is 340 g/mol. The van der Waals surface area contributed by atoms with Gasteiger partial charge in [0.15, 0.2) is 13.1 Å². The number of methoxy groups -OCH3 is 1. The zero-order valence-electron chi connectivity index (χ0n) is 14.8. The smallest absolute Gasteiger partial charge is 0.188 e. The third-order valence-corrected chi connectivity index (χ3v) is 4.68. The number of benzene rings is 4. The average molecular weight is 358 g/mol. The molecule has 4 nitrogen and oxygen atoms in total. The molecule has 0 fully saturated rings. The van der Waals surface area contributed by atoms with Crippen molar-refractivity contribution in [3.05, 3.63) is 72.3 Å². The zero-order valence-corrected chi connectivity index (χ0v) is 14.8. The van der Waals surface area contributed by atoms with Crippen LogP contribution >= 0.6 is 0 Å². The lowest BCUT2D eigenvalue weighted by Crippen LogP contribution is -2.04. The molecule has 4 heteroatoms. The van der Waals surface area contributed by atoms with Crippen molar-refractivity contribution < 1.29 is 19.4 Å².